The van der Waals surface area contributed by atoms with Crippen molar-refractivity contribution in [1.82, 2.24) is 9.38 Å². The molecule has 0 aliphatic rings. The molecule has 0 unspecified atom stereocenters. The molecule has 0 N–H and O–H groups in total. The van der Waals surface area contributed by atoms with E-state index in [9.17, 15) is 20.2 Å². The van der Waals surface area contributed by atoms with Crippen molar-refractivity contribution in [1.29, 1.82) is 0 Å². The van der Waals surface area contributed by atoms with Gasteiger partial charge in [0.25, 0.3) is 11.4 Å². The van der Waals surface area contributed by atoms with E-state index in [1.54, 1.807) is 65.2 Å². The first-order valence-corrected chi connectivity index (χ1v) is 8.54. The minimum atomic E-state index is -0.487. The second-order valence-electron chi connectivity index (χ2n) is 6.06. The first kappa shape index (κ1) is 18.0. The number of imidazole rings is 1. The van der Waals surface area contributed by atoms with Gasteiger partial charge in [-0.2, -0.15) is 0 Å². The number of hydrogen-bond donors (Lipinski definition) is 0. The lowest BCUT2D eigenvalue weighted by molar-refractivity contribution is -0.385. The topological polar surface area (TPSA) is 116 Å². The highest BCUT2D eigenvalue weighted by molar-refractivity contribution is 5.89. The Labute approximate surface area is 163 Å². The number of aliphatic imine (C=N–C) groups is 1. The van der Waals surface area contributed by atoms with Crippen molar-refractivity contribution in [3.8, 4) is 11.3 Å². The fourth-order valence-electron chi connectivity index (χ4n) is 3.01. The molecule has 0 spiro atoms. The number of nitrogens with zero attached hydrogens (tertiary/aromatic N) is 5. The van der Waals surface area contributed by atoms with Crippen LogP contribution in [0.15, 0.2) is 77.9 Å². The Morgan fingerprint density at radius 2 is 1.52 bits per heavy atom. The van der Waals surface area contributed by atoms with Crippen LogP contribution in [0.3, 0.4) is 0 Å². The molecule has 4 aromatic rings. The Hall–Kier alpha value is -4.40. The summed E-state index contributed by atoms with van der Waals surface area (Å²) in [6.45, 7) is 0. The van der Waals surface area contributed by atoms with E-state index in [-0.39, 0.29) is 11.4 Å². The maximum Gasteiger partial charge on any atom is 0.278 e. The van der Waals surface area contributed by atoms with Crippen molar-refractivity contribution in [2.75, 3.05) is 0 Å². The number of hydrogen-bond acceptors (Lipinski definition) is 6. The van der Waals surface area contributed by atoms with Gasteiger partial charge in [0.05, 0.1) is 21.0 Å². The van der Waals surface area contributed by atoms with Gasteiger partial charge in [-0.1, -0.05) is 30.3 Å². The molecule has 2 aromatic carbocycles. The van der Waals surface area contributed by atoms with Crippen LogP contribution in [0.25, 0.3) is 16.9 Å². The predicted molar refractivity (Wildman–Crippen MR) is 108 cm³/mol. The number of fused-ring (bicyclic) bond motifs is 1. The zero-order valence-corrected chi connectivity index (χ0v) is 14.9. The lowest BCUT2D eigenvalue weighted by atomic mass is 10.1. The molecule has 0 bridgehead atoms. The molecule has 142 valence electrons. The molecule has 0 atom stereocenters. The standard InChI is InChI=1S/C20H13N5O4/c26-24(27)16-9-3-1-7-14(16)13-21-20-19(22-18-11-5-6-12-23(18)20)15-8-2-4-10-17(15)25(28)29/h1-13H/b21-13+. The van der Waals surface area contributed by atoms with E-state index in [1.165, 1.54) is 18.3 Å². The van der Waals surface area contributed by atoms with Crippen LogP contribution in [0.4, 0.5) is 17.2 Å². The molecule has 29 heavy (non-hydrogen) atoms. The van der Waals surface area contributed by atoms with E-state index in [4.69, 9.17) is 0 Å². The van der Waals surface area contributed by atoms with Gasteiger partial charge in [-0.15, -0.1) is 0 Å². The summed E-state index contributed by atoms with van der Waals surface area (Å²) in [7, 11) is 0. The van der Waals surface area contributed by atoms with Crippen molar-refractivity contribution in [2.45, 2.75) is 0 Å². The summed E-state index contributed by atoms with van der Waals surface area (Å²) >= 11 is 0. The first-order valence-electron chi connectivity index (χ1n) is 8.54. The molecule has 9 heteroatoms. The van der Waals surface area contributed by atoms with E-state index < -0.39 is 9.85 Å². The number of pyridine rings is 1. The van der Waals surface area contributed by atoms with Gasteiger partial charge < -0.3 is 0 Å². The molecule has 0 aliphatic carbocycles. The molecule has 4 rings (SSSR count). The van der Waals surface area contributed by atoms with Crippen molar-refractivity contribution in [2.24, 2.45) is 4.99 Å². The van der Waals surface area contributed by atoms with Crippen LogP contribution >= 0.6 is 0 Å². The van der Waals surface area contributed by atoms with E-state index in [0.717, 1.165) is 0 Å². The summed E-state index contributed by atoms with van der Waals surface area (Å²) in [6, 6.07) is 17.8. The molecule has 9 nitrogen and oxygen atoms in total. The summed E-state index contributed by atoms with van der Waals surface area (Å²) in [5.74, 6) is 0.341. The third-order valence-corrected chi connectivity index (χ3v) is 4.32. The van der Waals surface area contributed by atoms with Crippen molar-refractivity contribution in [3.63, 3.8) is 0 Å². The molecule has 0 fully saturated rings. The minimum absolute atomic E-state index is 0.0858. The molecular formula is C20H13N5O4. The summed E-state index contributed by atoms with van der Waals surface area (Å²) < 4.78 is 1.68. The van der Waals surface area contributed by atoms with Gasteiger partial charge in [0.2, 0.25) is 0 Å². The maximum absolute atomic E-state index is 11.5. The Bertz CT molecular complexity index is 1280. The van der Waals surface area contributed by atoms with Crippen LogP contribution < -0.4 is 0 Å². The fourth-order valence-corrected chi connectivity index (χ4v) is 3.01. The number of para-hydroxylation sites is 2. The zero-order chi connectivity index (χ0) is 20.4. The van der Waals surface area contributed by atoms with Gasteiger partial charge in [0.15, 0.2) is 5.82 Å². The third-order valence-electron chi connectivity index (χ3n) is 4.32. The smallest absolute Gasteiger partial charge is 0.278 e. The number of nitro benzene ring substituents is 2. The van der Waals surface area contributed by atoms with Crippen molar-refractivity contribution < 1.29 is 9.85 Å². The van der Waals surface area contributed by atoms with E-state index in [2.05, 4.69) is 9.98 Å². The first-order chi connectivity index (χ1) is 14.1. The van der Waals surface area contributed by atoms with Crippen LogP contribution in [-0.4, -0.2) is 25.4 Å². The van der Waals surface area contributed by atoms with Gasteiger partial charge >= 0.3 is 0 Å². The summed E-state index contributed by atoms with van der Waals surface area (Å²) in [6.07, 6.45) is 3.10. The van der Waals surface area contributed by atoms with E-state index in [1.807, 2.05) is 0 Å². The van der Waals surface area contributed by atoms with Gasteiger partial charge in [-0.3, -0.25) is 24.6 Å². The monoisotopic (exact) mass is 387 g/mol. The molecule has 0 aliphatic heterocycles. The molecule has 0 radical (unpaired) electrons. The van der Waals surface area contributed by atoms with Crippen LogP contribution in [0.5, 0.6) is 0 Å². The molecule has 0 saturated carbocycles. The molecule has 2 aromatic heterocycles. The van der Waals surface area contributed by atoms with Crippen LogP contribution in [0.2, 0.25) is 0 Å². The van der Waals surface area contributed by atoms with Crippen LogP contribution in [0.1, 0.15) is 5.56 Å². The largest absolute Gasteiger partial charge is 0.284 e. The Morgan fingerprint density at radius 3 is 2.28 bits per heavy atom. The highest BCUT2D eigenvalue weighted by Gasteiger charge is 2.21. The van der Waals surface area contributed by atoms with Gasteiger partial charge in [-0.05, 0) is 24.3 Å². The average Bonchev–Trinajstić information content (AvgIpc) is 3.10. The second-order valence-corrected chi connectivity index (χ2v) is 6.06. The Balaban J connectivity index is 1.93. The Morgan fingerprint density at radius 1 is 0.862 bits per heavy atom. The SMILES string of the molecule is O=[N+]([O-])c1ccccc1/C=N/c1c(-c2ccccc2[N+](=O)[O-])nc2ccccn12. The van der Waals surface area contributed by atoms with Crippen molar-refractivity contribution >= 4 is 29.1 Å². The lowest BCUT2D eigenvalue weighted by Crippen LogP contribution is -1.94. The summed E-state index contributed by atoms with van der Waals surface area (Å²) in [5, 5.41) is 22.7. The number of rotatable bonds is 5. The third kappa shape index (κ3) is 3.32. The molecule has 0 saturated heterocycles. The highest BCUT2D eigenvalue weighted by Crippen LogP contribution is 2.36. The van der Waals surface area contributed by atoms with Gasteiger partial charge in [0.1, 0.15) is 11.3 Å². The van der Waals surface area contributed by atoms with E-state index >= 15 is 0 Å². The zero-order valence-electron chi connectivity index (χ0n) is 14.9. The lowest BCUT2D eigenvalue weighted by Gasteiger charge is -2.02. The average molecular weight is 387 g/mol. The van der Waals surface area contributed by atoms with Crippen LogP contribution in [0, 0.1) is 20.2 Å². The Kier molecular flexibility index (Phi) is 4.54. The molecule has 0 amide bonds. The summed E-state index contributed by atoms with van der Waals surface area (Å²) in [5.41, 5.74) is 1.32. The molecular weight excluding hydrogens is 374 g/mol. The fraction of sp³-hybridized carbons (Fsp3) is 0. The quantitative estimate of drug-likeness (QED) is 0.282. The van der Waals surface area contributed by atoms with E-state index in [0.29, 0.717) is 28.3 Å². The predicted octanol–water partition coefficient (Wildman–Crippen LogP) is 4.57. The maximum atomic E-state index is 11.5. The number of nitro groups is 2. The van der Waals surface area contributed by atoms with Gasteiger partial charge in [0, 0.05) is 24.5 Å². The number of benzene rings is 2. The molecule has 2 heterocycles. The summed E-state index contributed by atoms with van der Waals surface area (Å²) in [4.78, 5) is 30.7. The minimum Gasteiger partial charge on any atom is -0.284 e. The highest BCUT2D eigenvalue weighted by atomic mass is 16.6. The normalized spacial score (nSPS) is 11.2. The number of aromatic nitrogens is 2. The van der Waals surface area contributed by atoms with Crippen molar-refractivity contribution in [3.05, 3.63) is 98.7 Å². The second kappa shape index (κ2) is 7.31. The van der Waals surface area contributed by atoms with Gasteiger partial charge in [-0.25, -0.2) is 9.98 Å². The van der Waals surface area contributed by atoms with Crippen LogP contribution in [-0.2, 0) is 0 Å².